The van der Waals surface area contributed by atoms with Crippen LogP contribution in [-0.2, 0) is 19.3 Å². The van der Waals surface area contributed by atoms with Crippen LogP contribution in [0.25, 0.3) is 0 Å². The van der Waals surface area contributed by atoms with Crippen LogP contribution in [-0.4, -0.2) is 12.2 Å². The highest BCUT2D eigenvalue weighted by atomic mass is 32.1. The van der Waals surface area contributed by atoms with Gasteiger partial charge in [-0.25, -0.2) is 4.39 Å². The van der Waals surface area contributed by atoms with Gasteiger partial charge in [0.25, 0.3) is 0 Å². The van der Waals surface area contributed by atoms with Crippen LogP contribution in [0, 0.1) is 5.82 Å². The predicted octanol–water partition coefficient (Wildman–Crippen LogP) is 4.02. The van der Waals surface area contributed by atoms with Gasteiger partial charge in [-0.2, -0.15) is 13.2 Å². The van der Waals surface area contributed by atoms with Crippen molar-refractivity contribution in [3.05, 3.63) is 65.0 Å². The van der Waals surface area contributed by atoms with E-state index in [9.17, 15) is 17.6 Å². The highest BCUT2D eigenvalue weighted by molar-refractivity contribution is 7.80. The van der Waals surface area contributed by atoms with Gasteiger partial charge in [-0.3, -0.25) is 0 Å². The SMILES string of the molecule is COc1ccccc1CNC(=S)NCc1cccc(C(F)(F)F)c1F. The van der Waals surface area contributed by atoms with Gasteiger partial charge in [-0.15, -0.1) is 0 Å². The van der Waals surface area contributed by atoms with Crippen molar-refractivity contribution in [2.75, 3.05) is 7.11 Å². The molecule has 0 fully saturated rings. The van der Waals surface area contributed by atoms with Crippen molar-refractivity contribution in [2.45, 2.75) is 19.3 Å². The average Bonchev–Trinajstić information content (AvgIpc) is 2.58. The van der Waals surface area contributed by atoms with E-state index >= 15 is 0 Å². The second-order valence-corrected chi connectivity index (χ2v) is 5.53. The lowest BCUT2D eigenvalue weighted by Gasteiger charge is -2.14. The maximum absolute atomic E-state index is 13.9. The monoisotopic (exact) mass is 372 g/mol. The number of rotatable bonds is 5. The number of hydrogen-bond acceptors (Lipinski definition) is 2. The molecule has 0 saturated carbocycles. The van der Waals surface area contributed by atoms with Gasteiger partial charge in [-0.05, 0) is 24.4 Å². The number of benzene rings is 2. The summed E-state index contributed by atoms with van der Waals surface area (Å²) in [5, 5.41) is 5.80. The number of alkyl halides is 3. The highest BCUT2D eigenvalue weighted by Gasteiger charge is 2.34. The molecule has 0 unspecified atom stereocenters. The third-order valence-electron chi connectivity index (χ3n) is 3.46. The van der Waals surface area contributed by atoms with E-state index in [0.717, 1.165) is 11.6 Å². The summed E-state index contributed by atoms with van der Waals surface area (Å²) in [5.74, 6) is -0.614. The number of methoxy groups -OCH3 is 1. The van der Waals surface area contributed by atoms with Crippen LogP contribution >= 0.6 is 12.2 Å². The van der Waals surface area contributed by atoms with E-state index in [-0.39, 0.29) is 17.2 Å². The molecule has 0 aromatic heterocycles. The van der Waals surface area contributed by atoms with Gasteiger partial charge in [0.2, 0.25) is 0 Å². The van der Waals surface area contributed by atoms with Gasteiger partial charge in [0, 0.05) is 24.2 Å². The lowest BCUT2D eigenvalue weighted by molar-refractivity contribution is -0.140. The molecule has 0 saturated heterocycles. The molecule has 0 aliphatic rings. The summed E-state index contributed by atoms with van der Waals surface area (Å²) in [6.45, 7) is 0.203. The molecule has 0 spiro atoms. The Balaban J connectivity index is 1.95. The standard InChI is InChI=1S/C17H16F4N2OS/c1-24-14-8-3-2-5-11(14)9-22-16(25)23-10-12-6-4-7-13(15(12)18)17(19,20)21/h2-8H,9-10H2,1H3,(H2,22,23,25). The third-order valence-corrected chi connectivity index (χ3v) is 3.74. The fourth-order valence-electron chi connectivity index (χ4n) is 2.20. The summed E-state index contributed by atoms with van der Waals surface area (Å²) in [6.07, 6.45) is -4.73. The number of hydrogen-bond donors (Lipinski definition) is 2. The quantitative estimate of drug-likeness (QED) is 0.614. The second-order valence-electron chi connectivity index (χ2n) is 5.12. The minimum absolute atomic E-state index is 0.115. The Morgan fingerprint density at radius 1 is 1.00 bits per heavy atom. The molecule has 3 nitrogen and oxygen atoms in total. The molecule has 2 N–H and O–H groups in total. The Morgan fingerprint density at radius 2 is 1.60 bits per heavy atom. The molecule has 0 aliphatic carbocycles. The van der Waals surface area contributed by atoms with Crippen LogP contribution in [0.3, 0.4) is 0 Å². The van der Waals surface area contributed by atoms with Crippen molar-refractivity contribution < 1.29 is 22.3 Å². The summed E-state index contributed by atoms with van der Waals surface area (Å²) >= 11 is 5.07. The van der Waals surface area contributed by atoms with Gasteiger partial charge in [-0.1, -0.05) is 30.3 Å². The zero-order valence-corrected chi connectivity index (χ0v) is 14.1. The first-order valence-electron chi connectivity index (χ1n) is 7.31. The molecular weight excluding hydrogens is 356 g/mol. The Morgan fingerprint density at radius 3 is 2.24 bits per heavy atom. The van der Waals surface area contributed by atoms with Crippen LogP contribution in [0.1, 0.15) is 16.7 Å². The molecule has 0 atom stereocenters. The lowest BCUT2D eigenvalue weighted by Crippen LogP contribution is -2.34. The van der Waals surface area contributed by atoms with E-state index in [1.807, 2.05) is 18.2 Å². The van der Waals surface area contributed by atoms with Crippen molar-refractivity contribution in [3.63, 3.8) is 0 Å². The van der Waals surface area contributed by atoms with Gasteiger partial charge in [0.05, 0.1) is 12.7 Å². The molecule has 25 heavy (non-hydrogen) atoms. The van der Waals surface area contributed by atoms with Crippen LogP contribution in [0.15, 0.2) is 42.5 Å². The molecule has 0 radical (unpaired) electrons. The second kappa shape index (κ2) is 8.15. The molecule has 2 rings (SSSR count). The minimum Gasteiger partial charge on any atom is -0.496 e. The Bertz CT molecular complexity index is 750. The van der Waals surface area contributed by atoms with E-state index in [2.05, 4.69) is 10.6 Å². The van der Waals surface area contributed by atoms with Crippen LogP contribution in [0.2, 0.25) is 0 Å². The van der Waals surface area contributed by atoms with Crippen molar-refractivity contribution in [3.8, 4) is 5.75 Å². The average molecular weight is 372 g/mol. The molecule has 0 heterocycles. The lowest BCUT2D eigenvalue weighted by atomic mass is 10.1. The van der Waals surface area contributed by atoms with E-state index in [4.69, 9.17) is 17.0 Å². The molecule has 0 aliphatic heterocycles. The maximum atomic E-state index is 13.9. The first-order chi connectivity index (χ1) is 11.8. The number of para-hydroxylation sites is 1. The summed E-state index contributed by atoms with van der Waals surface area (Å²) in [6, 6.07) is 10.5. The van der Waals surface area contributed by atoms with Gasteiger partial charge in [0.15, 0.2) is 5.11 Å². The van der Waals surface area contributed by atoms with E-state index < -0.39 is 17.6 Å². The molecule has 134 valence electrons. The molecule has 2 aromatic rings. The number of thiocarbonyl (C=S) groups is 1. The third kappa shape index (κ3) is 5.06. The van der Waals surface area contributed by atoms with Gasteiger partial charge < -0.3 is 15.4 Å². The predicted molar refractivity (Wildman–Crippen MR) is 90.7 cm³/mol. The Hall–Kier alpha value is -2.35. The molecular formula is C17H16F4N2OS. The molecule has 0 amide bonds. The number of ether oxygens (including phenoxy) is 1. The number of nitrogens with one attached hydrogen (secondary N) is 2. The molecule has 0 bridgehead atoms. The Kier molecular flexibility index (Phi) is 6.19. The largest absolute Gasteiger partial charge is 0.496 e. The first-order valence-corrected chi connectivity index (χ1v) is 7.72. The summed E-state index contributed by atoms with van der Waals surface area (Å²) < 4.78 is 57.2. The smallest absolute Gasteiger partial charge is 0.419 e. The van der Waals surface area contributed by atoms with Crippen molar-refractivity contribution in [1.82, 2.24) is 10.6 Å². The first kappa shape index (κ1) is 19.0. The van der Waals surface area contributed by atoms with Gasteiger partial charge >= 0.3 is 6.18 Å². The normalized spacial score (nSPS) is 11.1. The molecule has 2 aromatic carbocycles. The van der Waals surface area contributed by atoms with E-state index in [1.165, 1.54) is 6.07 Å². The van der Waals surface area contributed by atoms with Crippen molar-refractivity contribution in [2.24, 2.45) is 0 Å². The Labute approximate surface area is 148 Å². The zero-order valence-electron chi connectivity index (χ0n) is 13.3. The van der Waals surface area contributed by atoms with Gasteiger partial charge in [0.1, 0.15) is 11.6 Å². The van der Waals surface area contributed by atoms with E-state index in [1.54, 1.807) is 13.2 Å². The summed E-state index contributed by atoms with van der Waals surface area (Å²) in [7, 11) is 1.55. The highest BCUT2D eigenvalue weighted by Crippen LogP contribution is 2.32. The van der Waals surface area contributed by atoms with Crippen molar-refractivity contribution >= 4 is 17.3 Å². The number of halogens is 4. The maximum Gasteiger partial charge on any atom is 0.419 e. The molecule has 8 heteroatoms. The summed E-state index contributed by atoms with van der Waals surface area (Å²) in [5.41, 5.74) is -0.546. The van der Waals surface area contributed by atoms with Crippen LogP contribution < -0.4 is 15.4 Å². The zero-order chi connectivity index (χ0) is 18.4. The van der Waals surface area contributed by atoms with Crippen LogP contribution in [0.4, 0.5) is 17.6 Å². The van der Waals surface area contributed by atoms with E-state index in [0.29, 0.717) is 18.4 Å². The fourth-order valence-corrected chi connectivity index (χ4v) is 2.34. The van der Waals surface area contributed by atoms with Crippen LogP contribution in [0.5, 0.6) is 5.75 Å². The van der Waals surface area contributed by atoms with Crippen molar-refractivity contribution in [1.29, 1.82) is 0 Å². The summed E-state index contributed by atoms with van der Waals surface area (Å²) in [4.78, 5) is 0. The minimum atomic E-state index is -4.73. The fraction of sp³-hybridized carbons (Fsp3) is 0.235. The topological polar surface area (TPSA) is 33.3 Å².